The summed E-state index contributed by atoms with van der Waals surface area (Å²) in [6.07, 6.45) is 0. The van der Waals surface area contributed by atoms with Crippen molar-refractivity contribution in [2.75, 3.05) is 7.11 Å². The molecular weight excluding hydrogens is 272 g/mol. The zero-order chi connectivity index (χ0) is 14.4. The molecule has 1 unspecified atom stereocenters. The predicted molar refractivity (Wildman–Crippen MR) is 80.2 cm³/mol. The Morgan fingerprint density at radius 3 is 2.85 bits per heavy atom. The van der Waals surface area contributed by atoms with Gasteiger partial charge in [0.15, 0.2) is 0 Å². The van der Waals surface area contributed by atoms with E-state index in [-0.39, 0.29) is 5.91 Å². The third kappa shape index (κ3) is 3.90. The van der Waals surface area contributed by atoms with Crippen molar-refractivity contribution in [1.82, 2.24) is 5.32 Å². The molecule has 0 aliphatic carbocycles. The second-order valence-corrected chi connectivity index (χ2v) is 5.44. The summed E-state index contributed by atoms with van der Waals surface area (Å²) in [5.74, 6) is -0.162. The summed E-state index contributed by atoms with van der Waals surface area (Å²) in [6.45, 7) is 1.03. The molecule has 0 saturated carbocycles. The summed E-state index contributed by atoms with van der Waals surface area (Å²) in [5.41, 5.74) is 8.02. The van der Waals surface area contributed by atoms with Crippen LogP contribution in [0.4, 0.5) is 0 Å². The van der Waals surface area contributed by atoms with E-state index in [1.807, 2.05) is 41.8 Å². The number of carbonyl (C=O) groups is 1. The van der Waals surface area contributed by atoms with Crippen molar-refractivity contribution in [2.45, 2.75) is 19.2 Å². The molecule has 0 saturated heterocycles. The van der Waals surface area contributed by atoms with Crippen LogP contribution in [0.25, 0.3) is 0 Å². The minimum Gasteiger partial charge on any atom is -0.380 e. The highest BCUT2D eigenvalue weighted by molar-refractivity contribution is 7.10. The fourth-order valence-corrected chi connectivity index (χ4v) is 2.62. The van der Waals surface area contributed by atoms with E-state index >= 15 is 0 Å². The number of hydrogen-bond donors (Lipinski definition) is 2. The lowest BCUT2D eigenvalue weighted by atomic mass is 10.1. The Morgan fingerprint density at radius 2 is 2.15 bits per heavy atom. The molecule has 106 valence electrons. The minimum atomic E-state index is -0.600. The van der Waals surface area contributed by atoms with Crippen LogP contribution >= 0.6 is 11.3 Å². The first kappa shape index (κ1) is 14.7. The normalized spacial score (nSPS) is 12.1. The first-order valence-electron chi connectivity index (χ1n) is 6.34. The molecule has 3 N–H and O–H groups in total. The molecule has 2 aromatic rings. The van der Waals surface area contributed by atoms with E-state index < -0.39 is 6.04 Å². The number of carbonyl (C=O) groups excluding carboxylic acids is 1. The number of ether oxygens (including phenoxy) is 1. The lowest BCUT2D eigenvalue weighted by Gasteiger charge is -2.11. The summed E-state index contributed by atoms with van der Waals surface area (Å²) in [4.78, 5) is 12.8. The van der Waals surface area contributed by atoms with Crippen molar-refractivity contribution >= 4 is 17.2 Å². The highest BCUT2D eigenvalue weighted by atomic mass is 32.1. The van der Waals surface area contributed by atoms with E-state index in [2.05, 4.69) is 5.32 Å². The number of rotatable bonds is 6. The Hall–Kier alpha value is -1.69. The lowest BCUT2D eigenvalue weighted by molar-refractivity contribution is -0.122. The van der Waals surface area contributed by atoms with Crippen molar-refractivity contribution < 1.29 is 9.53 Å². The Balaban J connectivity index is 1.91. The van der Waals surface area contributed by atoms with E-state index in [0.29, 0.717) is 13.2 Å². The van der Waals surface area contributed by atoms with Gasteiger partial charge in [0.2, 0.25) is 5.91 Å². The lowest BCUT2D eigenvalue weighted by Crippen LogP contribution is -2.33. The van der Waals surface area contributed by atoms with Gasteiger partial charge in [0.1, 0.15) is 6.04 Å². The van der Waals surface area contributed by atoms with Crippen molar-refractivity contribution in [3.63, 3.8) is 0 Å². The number of nitrogens with one attached hydrogen (secondary N) is 1. The molecule has 0 aliphatic heterocycles. The van der Waals surface area contributed by atoms with Gasteiger partial charge in [-0.3, -0.25) is 4.79 Å². The first-order valence-corrected chi connectivity index (χ1v) is 7.22. The number of nitrogens with two attached hydrogens (primary N) is 1. The monoisotopic (exact) mass is 290 g/mol. The van der Waals surface area contributed by atoms with E-state index in [0.717, 1.165) is 16.0 Å². The Kier molecular flexibility index (Phi) is 5.29. The van der Waals surface area contributed by atoms with Crippen LogP contribution in [-0.2, 0) is 22.7 Å². The van der Waals surface area contributed by atoms with Crippen molar-refractivity contribution in [1.29, 1.82) is 0 Å². The fourth-order valence-electron chi connectivity index (χ4n) is 1.89. The zero-order valence-corrected chi connectivity index (χ0v) is 12.2. The molecule has 1 amide bonds. The molecule has 0 spiro atoms. The molecular formula is C15H18N2O2S. The Morgan fingerprint density at radius 1 is 1.35 bits per heavy atom. The van der Waals surface area contributed by atoms with Crippen LogP contribution in [0, 0.1) is 0 Å². The topological polar surface area (TPSA) is 64.3 Å². The van der Waals surface area contributed by atoms with Gasteiger partial charge < -0.3 is 15.8 Å². The van der Waals surface area contributed by atoms with Crippen LogP contribution < -0.4 is 11.1 Å². The van der Waals surface area contributed by atoms with E-state index in [1.165, 1.54) is 11.3 Å². The largest absolute Gasteiger partial charge is 0.380 e. The van der Waals surface area contributed by atoms with Crippen LogP contribution in [-0.4, -0.2) is 13.0 Å². The van der Waals surface area contributed by atoms with Crippen molar-refractivity contribution in [3.05, 3.63) is 57.8 Å². The van der Waals surface area contributed by atoms with Gasteiger partial charge in [-0.15, -0.1) is 11.3 Å². The van der Waals surface area contributed by atoms with Gasteiger partial charge in [0.25, 0.3) is 0 Å². The van der Waals surface area contributed by atoms with Gasteiger partial charge in [-0.25, -0.2) is 0 Å². The summed E-state index contributed by atoms with van der Waals surface area (Å²) in [6, 6.07) is 11.1. The highest BCUT2D eigenvalue weighted by Gasteiger charge is 2.15. The van der Waals surface area contributed by atoms with Gasteiger partial charge >= 0.3 is 0 Å². The molecule has 0 bridgehead atoms. The van der Waals surface area contributed by atoms with Gasteiger partial charge in [-0.2, -0.15) is 0 Å². The van der Waals surface area contributed by atoms with Gasteiger partial charge in [-0.05, 0) is 22.6 Å². The first-order chi connectivity index (χ1) is 9.70. The molecule has 20 heavy (non-hydrogen) atoms. The summed E-state index contributed by atoms with van der Waals surface area (Å²) < 4.78 is 5.09. The summed E-state index contributed by atoms with van der Waals surface area (Å²) in [5, 5.41) is 4.77. The smallest absolute Gasteiger partial charge is 0.242 e. The van der Waals surface area contributed by atoms with Crippen LogP contribution in [0.15, 0.2) is 41.8 Å². The molecule has 1 aromatic carbocycles. The molecule has 1 aromatic heterocycles. The number of methoxy groups -OCH3 is 1. The number of hydrogen-bond acceptors (Lipinski definition) is 4. The van der Waals surface area contributed by atoms with Crippen molar-refractivity contribution in [2.24, 2.45) is 5.73 Å². The van der Waals surface area contributed by atoms with Gasteiger partial charge in [-0.1, -0.05) is 30.3 Å². The maximum atomic E-state index is 12.0. The standard InChI is InChI=1S/C15H18N2O2S/c1-19-10-12-5-2-4-11(8-12)9-17-15(18)14(16)13-6-3-7-20-13/h2-8,14H,9-10,16H2,1H3,(H,17,18). The van der Waals surface area contributed by atoms with Gasteiger partial charge in [0.05, 0.1) is 6.61 Å². The maximum Gasteiger partial charge on any atom is 0.242 e. The second-order valence-electron chi connectivity index (χ2n) is 4.46. The third-order valence-corrected chi connectivity index (χ3v) is 3.86. The highest BCUT2D eigenvalue weighted by Crippen LogP contribution is 2.16. The molecule has 0 fully saturated rings. The van der Waals surface area contributed by atoms with Crippen LogP contribution in [0.1, 0.15) is 22.0 Å². The molecule has 2 rings (SSSR count). The quantitative estimate of drug-likeness (QED) is 0.857. The van der Waals surface area contributed by atoms with Gasteiger partial charge in [0, 0.05) is 18.5 Å². The molecule has 1 atom stereocenters. The van der Waals surface area contributed by atoms with Crippen LogP contribution in [0.2, 0.25) is 0 Å². The van der Waals surface area contributed by atoms with E-state index in [9.17, 15) is 4.79 Å². The Labute approximate surface area is 122 Å². The van der Waals surface area contributed by atoms with Crippen LogP contribution in [0.3, 0.4) is 0 Å². The molecule has 1 heterocycles. The predicted octanol–water partition coefficient (Wildman–Crippen LogP) is 2.21. The molecule has 5 heteroatoms. The summed E-state index contributed by atoms with van der Waals surface area (Å²) in [7, 11) is 1.66. The maximum absolute atomic E-state index is 12.0. The molecule has 4 nitrogen and oxygen atoms in total. The SMILES string of the molecule is COCc1cccc(CNC(=O)C(N)c2cccs2)c1. The second kappa shape index (κ2) is 7.19. The summed E-state index contributed by atoms with van der Waals surface area (Å²) >= 11 is 1.49. The molecule has 0 radical (unpaired) electrons. The number of benzene rings is 1. The van der Waals surface area contributed by atoms with E-state index in [4.69, 9.17) is 10.5 Å². The van der Waals surface area contributed by atoms with Crippen LogP contribution in [0.5, 0.6) is 0 Å². The minimum absolute atomic E-state index is 0.162. The Bertz CT molecular complexity index is 555. The van der Waals surface area contributed by atoms with E-state index in [1.54, 1.807) is 7.11 Å². The number of amides is 1. The number of thiophene rings is 1. The fraction of sp³-hybridized carbons (Fsp3) is 0.267. The average Bonchev–Trinajstić information content (AvgIpc) is 2.99. The third-order valence-electron chi connectivity index (χ3n) is 2.90. The zero-order valence-electron chi connectivity index (χ0n) is 11.3. The average molecular weight is 290 g/mol. The van der Waals surface area contributed by atoms with Crippen molar-refractivity contribution in [3.8, 4) is 0 Å². The molecule has 0 aliphatic rings.